The van der Waals surface area contributed by atoms with Crippen LogP contribution in [0.25, 0.3) is 0 Å². The van der Waals surface area contributed by atoms with Gasteiger partial charge in [0.25, 0.3) is 17.4 Å². The van der Waals surface area contributed by atoms with Crippen molar-refractivity contribution >= 4 is 17.5 Å². The molecule has 2 amide bonds. The summed E-state index contributed by atoms with van der Waals surface area (Å²) in [7, 11) is 0. The molecule has 0 fully saturated rings. The molecule has 0 unspecified atom stereocenters. The number of nitrogens with one attached hydrogen (secondary N) is 3. The number of rotatable bonds is 5. The molecule has 130 valence electrons. The van der Waals surface area contributed by atoms with Crippen molar-refractivity contribution in [2.75, 3.05) is 5.32 Å². The van der Waals surface area contributed by atoms with Gasteiger partial charge in [0.05, 0.1) is 0 Å². The lowest BCUT2D eigenvalue weighted by Gasteiger charge is -2.08. The number of anilines is 1. The highest BCUT2D eigenvalue weighted by molar-refractivity contribution is 6.02. The molecule has 2 heterocycles. The van der Waals surface area contributed by atoms with Gasteiger partial charge < -0.3 is 15.6 Å². The van der Waals surface area contributed by atoms with Crippen LogP contribution in [0.15, 0.2) is 71.8 Å². The Balaban J connectivity index is 1.64. The zero-order valence-corrected chi connectivity index (χ0v) is 13.7. The minimum Gasteiger partial charge on any atom is -0.348 e. The first-order chi connectivity index (χ1) is 12.6. The van der Waals surface area contributed by atoms with E-state index in [9.17, 15) is 14.4 Å². The summed E-state index contributed by atoms with van der Waals surface area (Å²) in [5, 5.41) is 5.44. The molecule has 7 heteroatoms. The lowest BCUT2D eigenvalue weighted by molar-refractivity contribution is 0.0948. The average Bonchev–Trinajstić information content (AvgIpc) is 2.67. The number of pyridine rings is 2. The van der Waals surface area contributed by atoms with Crippen molar-refractivity contribution in [3.05, 3.63) is 94.2 Å². The Morgan fingerprint density at radius 2 is 1.88 bits per heavy atom. The van der Waals surface area contributed by atoms with E-state index < -0.39 is 11.5 Å². The Kier molecular flexibility index (Phi) is 5.19. The first kappa shape index (κ1) is 17.1. The van der Waals surface area contributed by atoms with Crippen molar-refractivity contribution in [2.24, 2.45) is 0 Å². The highest BCUT2D eigenvalue weighted by Gasteiger charge is 2.10. The number of carbonyl (C=O) groups is 2. The van der Waals surface area contributed by atoms with Crippen LogP contribution >= 0.6 is 0 Å². The molecule has 0 radical (unpaired) electrons. The van der Waals surface area contributed by atoms with Crippen molar-refractivity contribution in [3.63, 3.8) is 0 Å². The SMILES string of the molecule is O=C(Nc1cccc(CNC(=O)c2ccc[nH]c2=O)c1)c1ccccn1. The zero-order chi connectivity index (χ0) is 18.4. The van der Waals surface area contributed by atoms with Gasteiger partial charge in [-0.25, -0.2) is 0 Å². The lowest BCUT2D eigenvalue weighted by atomic mass is 10.2. The number of amides is 2. The van der Waals surface area contributed by atoms with Gasteiger partial charge >= 0.3 is 0 Å². The summed E-state index contributed by atoms with van der Waals surface area (Å²) in [6.07, 6.45) is 3.01. The van der Waals surface area contributed by atoms with E-state index in [0.29, 0.717) is 11.4 Å². The van der Waals surface area contributed by atoms with E-state index in [1.807, 2.05) is 6.07 Å². The molecule has 0 saturated heterocycles. The van der Waals surface area contributed by atoms with E-state index in [1.165, 1.54) is 12.3 Å². The van der Waals surface area contributed by atoms with Crippen LogP contribution in [0.2, 0.25) is 0 Å². The summed E-state index contributed by atoms with van der Waals surface area (Å²) in [5.41, 5.74) is 1.29. The van der Waals surface area contributed by atoms with Crippen molar-refractivity contribution in [2.45, 2.75) is 6.54 Å². The molecular weight excluding hydrogens is 332 g/mol. The molecule has 0 saturated carbocycles. The fraction of sp³-hybridized carbons (Fsp3) is 0.0526. The van der Waals surface area contributed by atoms with Crippen LogP contribution in [0.1, 0.15) is 26.4 Å². The van der Waals surface area contributed by atoms with Crippen molar-refractivity contribution in [3.8, 4) is 0 Å². The van der Waals surface area contributed by atoms with Crippen molar-refractivity contribution < 1.29 is 9.59 Å². The molecule has 0 aliphatic carbocycles. The molecule has 0 bridgehead atoms. The summed E-state index contributed by atoms with van der Waals surface area (Å²) in [6, 6.07) is 15.2. The third kappa shape index (κ3) is 4.21. The number of hydrogen-bond donors (Lipinski definition) is 3. The lowest BCUT2D eigenvalue weighted by Crippen LogP contribution is -2.28. The maximum atomic E-state index is 12.1. The summed E-state index contributed by atoms with van der Waals surface area (Å²) < 4.78 is 0. The van der Waals surface area contributed by atoms with Crippen molar-refractivity contribution in [1.29, 1.82) is 0 Å². The van der Waals surface area contributed by atoms with Crippen LogP contribution in [0.5, 0.6) is 0 Å². The Hall–Kier alpha value is -3.74. The molecule has 3 aromatic rings. The summed E-state index contributed by atoms with van der Waals surface area (Å²) in [4.78, 5) is 42.3. The number of hydrogen-bond acceptors (Lipinski definition) is 4. The van der Waals surface area contributed by atoms with E-state index in [0.717, 1.165) is 5.56 Å². The number of H-pyrrole nitrogens is 1. The van der Waals surface area contributed by atoms with Gasteiger partial charge in [-0.2, -0.15) is 0 Å². The molecular formula is C19H16N4O3. The summed E-state index contributed by atoms with van der Waals surface area (Å²) in [5.74, 6) is -0.780. The second-order valence-corrected chi connectivity index (χ2v) is 5.47. The Morgan fingerprint density at radius 3 is 2.65 bits per heavy atom. The third-order valence-corrected chi connectivity index (χ3v) is 3.60. The normalized spacial score (nSPS) is 10.2. The molecule has 1 aromatic carbocycles. The van der Waals surface area contributed by atoms with Gasteiger partial charge in [0, 0.05) is 24.6 Å². The van der Waals surface area contributed by atoms with Crippen LogP contribution in [-0.4, -0.2) is 21.8 Å². The zero-order valence-electron chi connectivity index (χ0n) is 13.7. The maximum Gasteiger partial charge on any atom is 0.274 e. The molecule has 0 spiro atoms. The quantitative estimate of drug-likeness (QED) is 0.655. The van der Waals surface area contributed by atoms with Crippen molar-refractivity contribution in [1.82, 2.24) is 15.3 Å². The standard InChI is InChI=1S/C19H16N4O3/c24-17-15(7-4-10-21-17)18(25)22-12-13-5-3-6-14(11-13)23-19(26)16-8-1-2-9-20-16/h1-11H,12H2,(H,21,24)(H,22,25)(H,23,26). The van der Waals surface area contributed by atoms with E-state index in [4.69, 9.17) is 0 Å². The topological polar surface area (TPSA) is 104 Å². The minimum atomic E-state index is -0.463. The van der Waals surface area contributed by atoms with Gasteiger partial charge in [-0.15, -0.1) is 0 Å². The number of benzene rings is 1. The molecule has 3 N–H and O–H groups in total. The molecule has 3 rings (SSSR count). The summed E-state index contributed by atoms with van der Waals surface area (Å²) in [6.45, 7) is 0.223. The minimum absolute atomic E-state index is 0.0482. The number of aromatic amines is 1. The molecule has 26 heavy (non-hydrogen) atoms. The van der Waals surface area contributed by atoms with Crippen LogP contribution < -0.4 is 16.2 Å². The highest BCUT2D eigenvalue weighted by Crippen LogP contribution is 2.12. The van der Waals surface area contributed by atoms with E-state index >= 15 is 0 Å². The Labute approximate surface area is 149 Å². The predicted octanol–water partition coefficient (Wildman–Crippen LogP) is 1.95. The van der Waals surface area contributed by atoms with Crippen LogP contribution in [0.4, 0.5) is 5.69 Å². The first-order valence-corrected chi connectivity index (χ1v) is 7.91. The summed E-state index contributed by atoms with van der Waals surface area (Å²) >= 11 is 0. The second-order valence-electron chi connectivity index (χ2n) is 5.47. The van der Waals surface area contributed by atoms with E-state index in [1.54, 1.807) is 48.7 Å². The maximum absolute atomic E-state index is 12.1. The molecule has 0 aliphatic heterocycles. The highest BCUT2D eigenvalue weighted by atomic mass is 16.2. The fourth-order valence-corrected chi connectivity index (χ4v) is 2.33. The smallest absolute Gasteiger partial charge is 0.274 e. The predicted molar refractivity (Wildman–Crippen MR) is 96.9 cm³/mol. The van der Waals surface area contributed by atoms with Crippen LogP contribution in [0, 0.1) is 0 Å². The fourth-order valence-electron chi connectivity index (χ4n) is 2.33. The van der Waals surface area contributed by atoms with Gasteiger partial charge in [-0.05, 0) is 42.0 Å². The third-order valence-electron chi connectivity index (χ3n) is 3.60. The van der Waals surface area contributed by atoms with Gasteiger partial charge in [0.15, 0.2) is 0 Å². The van der Waals surface area contributed by atoms with E-state index in [2.05, 4.69) is 20.6 Å². The molecule has 0 atom stereocenters. The molecule has 2 aromatic heterocycles. The van der Waals surface area contributed by atoms with Gasteiger partial charge in [-0.3, -0.25) is 19.4 Å². The molecule has 7 nitrogen and oxygen atoms in total. The monoisotopic (exact) mass is 348 g/mol. The van der Waals surface area contributed by atoms with E-state index in [-0.39, 0.29) is 18.0 Å². The number of carbonyl (C=O) groups excluding carboxylic acids is 2. The average molecular weight is 348 g/mol. The molecule has 0 aliphatic rings. The Morgan fingerprint density at radius 1 is 1.00 bits per heavy atom. The number of aromatic nitrogens is 2. The van der Waals surface area contributed by atoms with Crippen LogP contribution in [0.3, 0.4) is 0 Å². The van der Waals surface area contributed by atoms with Crippen LogP contribution in [-0.2, 0) is 6.54 Å². The Bertz CT molecular complexity index is 983. The largest absolute Gasteiger partial charge is 0.348 e. The van der Waals surface area contributed by atoms with Gasteiger partial charge in [0.1, 0.15) is 11.3 Å². The first-order valence-electron chi connectivity index (χ1n) is 7.91. The second kappa shape index (κ2) is 7.89. The van der Waals surface area contributed by atoms with Gasteiger partial charge in [0.2, 0.25) is 0 Å². The van der Waals surface area contributed by atoms with Gasteiger partial charge in [-0.1, -0.05) is 18.2 Å². The number of nitrogens with zero attached hydrogens (tertiary/aromatic N) is 1.